The molecule has 1 aliphatic heterocycles. The van der Waals surface area contributed by atoms with E-state index in [-0.39, 0.29) is 17.3 Å². The third-order valence-electron chi connectivity index (χ3n) is 5.89. The first kappa shape index (κ1) is 22.1. The van der Waals surface area contributed by atoms with Crippen LogP contribution in [0.3, 0.4) is 0 Å². The Morgan fingerprint density at radius 3 is 2.61 bits per heavy atom. The summed E-state index contributed by atoms with van der Waals surface area (Å²) in [4.78, 5) is 0. The molecule has 28 heavy (non-hydrogen) atoms. The molecule has 2 fully saturated rings. The van der Waals surface area contributed by atoms with Gasteiger partial charge in [0.1, 0.15) is 0 Å². The highest BCUT2D eigenvalue weighted by Crippen LogP contribution is 2.70. The molecule has 0 spiro atoms. The van der Waals surface area contributed by atoms with Crippen LogP contribution in [0, 0.1) is 5.41 Å². The summed E-state index contributed by atoms with van der Waals surface area (Å²) in [6.45, 7) is 0.759. The normalized spacial score (nSPS) is 28.6. The lowest BCUT2D eigenvalue weighted by Crippen LogP contribution is -2.46. The van der Waals surface area contributed by atoms with E-state index >= 15 is 0 Å². The maximum atomic E-state index is 12.5. The number of nitrogens with one attached hydrogen (secondary N) is 1. The van der Waals surface area contributed by atoms with E-state index in [4.69, 9.17) is 27.9 Å². The fourth-order valence-corrected chi connectivity index (χ4v) is 5.24. The van der Waals surface area contributed by atoms with E-state index in [2.05, 4.69) is 9.50 Å². The van der Waals surface area contributed by atoms with Crippen molar-refractivity contribution in [2.24, 2.45) is 5.41 Å². The quantitative estimate of drug-likeness (QED) is 0.492. The van der Waals surface area contributed by atoms with E-state index in [0.29, 0.717) is 16.6 Å². The molecule has 0 radical (unpaired) electrons. The average molecular weight is 462 g/mol. The molecule has 1 N–H and O–H groups in total. The number of hydrogen-bond donors (Lipinski definition) is 1. The first-order valence-electron chi connectivity index (χ1n) is 8.64. The van der Waals surface area contributed by atoms with Crippen molar-refractivity contribution in [2.75, 3.05) is 26.8 Å². The molecule has 1 heterocycles. The summed E-state index contributed by atoms with van der Waals surface area (Å²) in [7, 11) is -4.16. The smallest absolute Gasteiger partial charge is 0.381 e. The zero-order valence-corrected chi connectivity index (χ0v) is 17.3. The van der Waals surface area contributed by atoms with Crippen LogP contribution >= 0.6 is 23.2 Å². The Labute approximate surface area is 171 Å². The molecule has 0 bridgehead atoms. The van der Waals surface area contributed by atoms with Crippen LogP contribution in [-0.2, 0) is 24.5 Å². The Balaban J connectivity index is 1.78. The second-order valence-corrected chi connectivity index (χ2v) is 9.63. The monoisotopic (exact) mass is 461 g/mol. The van der Waals surface area contributed by atoms with Gasteiger partial charge < -0.3 is 10.1 Å². The number of rotatable bonds is 7. The fraction of sp³-hybridized carbons (Fsp3) is 0.647. The Bertz CT molecular complexity index is 851. The van der Waals surface area contributed by atoms with Gasteiger partial charge in [-0.15, -0.1) is 0 Å². The van der Waals surface area contributed by atoms with Gasteiger partial charge in [0.2, 0.25) is 0 Å². The zero-order chi connectivity index (χ0) is 20.8. The molecule has 0 amide bonds. The molecule has 3 rings (SSSR count). The summed E-state index contributed by atoms with van der Waals surface area (Å²) in [6, 6.07) is 5.44. The Morgan fingerprint density at radius 1 is 1.29 bits per heavy atom. The summed E-state index contributed by atoms with van der Waals surface area (Å²) in [5, 5.41) is 4.18. The number of piperidine rings is 1. The Morgan fingerprint density at radius 2 is 2.00 bits per heavy atom. The minimum atomic E-state index is -5.62. The van der Waals surface area contributed by atoms with Crippen molar-refractivity contribution >= 4 is 33.3 Å². The van der Waals surface area contributed by atoms with Crippen molar-refractivity contribution < 1.29 is 30.5 Å². The van der Waals surface area contributed by atoms with E-state index in [9.17, 15) is 21.6 Å². The van der Waals surface area contributed by atoms with Crippen LogP contribution in [0.1, 0.15) is 24.8 Å². The molecule has 2 aliphatic rings. The number of hydrogen-bond acceptors (Lipinski definition) is 5. The Hall–Kier alpha value is -0.580. The van der Waals surface area contributed by atoms with Gasteiger partial charge in [-0.3, -0.25) is 4.18 Å². The maximum Gasteiger partial charge on any atom is 0.523 e. The molecule has 1 saturated carbocycles. The van der Waals surface area contributed by atoms with Crippen LogP contribution in [0.15, 0.2) is 18.2 Å². The highest BCUT2D eigenvalue weighted by molar-refractivity contribution is 7.87. The average Bonchev–Trinajstić information content (AvgIpc) is 3.31. The van der Waals surface area contributed by atoms with Crippen molar-refractivity contribution in [1.82, 2.24) is 5.32 Å². The molecule has 158 valence electrons. The van der Waals surface area contributed by atoms with Gasteiger partial charge in [0.05, 0.1) is 22.8 Å². The molecule has 3 atom stereocenters. The largest absolute Gasteiger partial charge is 0.523 e. The number of methoxy groups -OCH3 is 1. The maximum absolute atomic E-state index is 12.5. The number of fused-ring (bicyclic) bond motifs is 1. The third kappa shape index (κ3) is 3.65. The molecule has 1 aromatic rings. The lowest BCUT2D eigenvalue weighted by molar-refractivity contribution is -0.0561. The number of alkyl halides is 3. The molecule has 0 aromatic heterocycles. The lowest BCUT2D eigenvalue weighted by atomic mass is 9.77. The molecule has 1 aliphatic carbocycles. The second kappa shape index (κ2) is 7.59. The van der Waals surface area contributed by atoms with E-state index in [1.807, 2.05) is 12.1 Å². The van der Waals surface area contributed by atoms with E-state index < -0.39 is 28.3 Å². The second-order valence-electron chi connectivity index (χ2n) is 7.21. The van der Waals surface area contributed by atoms with Gasteiger partial charge in [0, 0.05) is 24.5 Å². The topological polar surface area (TPSA) is 64.6 Å². The molecule has 1 aromatic carbocycles. The van der Waals surface area contributed by atoms with Crippen molar-refractivity contribution in [2.45, 2.75) is 36.3 Å². The minimum absolute atomic E-state index is 0.0105. The van der Waals surface area contributed by atoms with E-state index in [0.717, 1.165) is 24.9 Å². The first-order chi connectivity index (χ1) is 13.0. The highest BCUT2D eigenvalue weighted by atomic mass is 35.5. The number of benzene rings is 1. The van der Waals surface area contributed by atoms with Crippen LogP contribution in [0.2, 0.25) is 10.0 Å². The van der Waals surface area contributed by atoms with Crippen molar-refractivity contribution in [3.63, 3.8) is 0 Å². The minimum Gasteiger partial charge on any atom is -0.381 e. The molecular formula is C17H20Cl2F3NO4S. The van der Waals surface area contributed by atoms with Crippen LogP contribution in [0.5, 0.6) is 0 Å². The van der Waals surface area contributed by atoms with Crippen LogP contribution in [0.25, 0.3) is 0 Å². The van der Waals surface area contributed by atoms with Gasteiger partial charge in [-0.1, -0.05) is 29.3 Å². The molecule has 5 nitrogen and oxygen atoms in total. The zero-order valence-electron chi connectivity index (χ0n) is 15.0. The standard InChI is InChI=1S/C17H20Cl2F3NO4S/c1-26-14(4-7-27-28(24,25)17(20,21)22)16-9-15(16,5-6-23-10-16)11-2-3-12(18)13(19)8-11/h2-3,8,14,23H,4-7,9-10H2,1H3. The number of ether oxygens (including phenoxy) is 1. The summed E-state index contributed by atoms with van der Waals surface area (Å²) in [6.07, 6.45) is 1.07. The van der Waals surface area contributed by atoms with Gasteiger partial charge in [0.25, 0.3) is 0 Å². The van der Waals surface area contributed by atoms with Crippen molar-refractivity contribution in [1.29, 1.82) is 0 Å². The SMILES string of the molecule is COC(CCOS(=O)(=O)C(F)(F)F)C12CNCCC1(c1ccc(Cl)c(Cl)c1)C2. The molecule has 11 heteroatoms. The van der Waals surface area contributed by atoms with Crippen molar-refractivity contribution in [3.05, 3.63) is 33.8 Å². The lowest BCUT2D eigenvalue weighted by Gasteiger charge is -2.36. The summed E-state index contributed by atoms with van der Waals surface area (Å²) >= 11 is 12.2. The fourth-order valence-electron chi connectivity index (χ4n) is 4.49. The third-order valence-corrected chi connectivity index (χ3v) is 7.67. The van der Waals surface area contributed by atoms with Gasteiger partial charge in [-0.2, -0.15) is 21.6 Å². The predicted octanol–water partition coefficient (Wildman–Crippen LogP) is 3.89. The number of halogens is 5. The highest BCUT2D eigenvalue weighted by Gasteiger charge is 2.71. The Kier molecular flexibility index (Phi) is 6.00. The van der Waals surface area contributed by atoms with Gasteiger partial charge in [-0.05, 0) is 43.5 Å². The summed E-state index contributed by atoms with van der Waals surface area (Å²) in [5.74, 6) is 0. The van der Waals surface area contributed by atoms with E-state index in [1.54, 1.807) is 6.07 Å². The van der Waals surface area contributed by atoms with Crippen molar-refractivity contribution in [3.8, 4) is 0 Å². The van der Waals surface area contributed by atoms with Crippen LogP contribution in [0.4, 0.5) is 13.2 Å². The van der Waals surface area contributed by atoms with Gasteiger partial charge in [-0.25, -0.2) is 0 Å². The molecule has 3 unspecified atom stereocenters. The molecule has 1 saturated heterocycles. The molecular weight excluding hydrogens is 442 g/mol. The first-order valence-corrected chi connectivity index (χ1v) is 10.8. The van der Waals surface area contributed by atoms with E-state index in [1.165, 1.54) is 7.11 Å². The summed E-state index contributed by atoms with van der Waals surface area (Å²) < 4.78 is 69.3. The van der Waals surface area contributed by atoms with Gasteiger partial charge >= 0.3 is 15.6 Å². The van der Waals surface area contributed by atoms with Crippen LogP contribution < -0.4 is 5.32 Å². The predicted molar refractivity (Wildman–Crippen MR) is 99.0 cm³/mol. The van der Waals surface area contributed by atoms with Crippen LogP contribution in [-0.4, -0.2) is 46.8 Å². The summed E-state index contributed by atoms with van der Waals surface area (Å²) in [5.41, 5.74) is -5.09. The van der Waals surface area contributed by atoms with Gasteiger partial charge in [0.15, 0.2) is 0 Å².